The number of benzene rings is 1. The van der Waals surface area contributed by atoms with E-state index in [4.69, 9.17) is 11.6 Å². The van der Waals surface area contributed by atoms with Crippen LogP contribution in [0.4, 0.5) is 13.2 Å². The number of alkyl halides is 3. The van der Waals surface area contributed by atoms with E-state index in [9.17, 15) is 18.0 Å². The molecule has 0 radical (unpaired) electrons. The molecule has 13 heteroatoms. The number of nitrogens with zero attached hydrogens (tertiary/aromatic N) is 8. The number of halogens is 4. The molecule has 27 heavy (non-hydrogen) atoms. The van der Waals surface area contributed by atoms with Gasteiger partial charge in [-0.25, -0.2) is 0 Å². The molecule has 9 nitrogen and oxygen atoms in total. The van der Waals surface area contributed by atoms with Crippen molar-refractivity contribution in [1.82, 2.24) is 39.9 Å². The first-order valence-corrected chi connectivity index (χ1v) is 8.04. The lowest BCUT2D eigenvalue weighted by Gasteiger charge is -2.28. The Morgan fingerprint density at radius 2 is 2.00 bits per heavy atom. The summed E-state index contributed by atoms with van der Waals surface area (Å²) in [4.78, 5) is 14.2. The highest BCUT2D eigenvalue weighted by atomic mass is 35.5. The van der Waals surface area contributed by atoms with Crippen molar-refractivity contribution in [2.75, 3.05) is 6.54 Å². The number of carbonyl (C=O) groups is 1. The quantitative estimate of drug-likeness (QED) is 0.650. The predicted molar refractivity (Wildman–Crippen MR) is 83.9 cm³/mol. The zero-order chi connectivity index (χ0) is 19.2. The molecule has 0 spiro atoms. The summed E-state index contributed by atoms with van der Waals surface area (Å²) in [5.74, 6) is -1.35. The molecule has 3 aromatic rings. The highest BCUT2D eigenvalue weighted by molar-refractivity contribution is 6.32. The molecule has 3 heterocycles. The molecule has 0 saturated heterocycles. The van der Waals surface area contributed by atoms with Gasteiger partial charge in [-0.15, -0.1) is 15.3 Å². The number of rotatable bonds is 2. The average Bonchev–Trinajstić information content (AvgIpc) is 3.30. The van der Waals surface area contributed by atoms with Crippen molar-refractivity contribution in [2.45, 2.75) is 19.3 Å². The van der Waals surface area contributed by atoms with Crippen LogP contribution >= 0.6 is 11.6 Å². The molecule has 0 N–H and O–H groups in total. The fourth-order valence-corrected chi connectivity index (χ4v) is 3.02. The van der Waals surface area contributed by atoms with E-state index in [1.807, 2.05) is 0 Å². The Bertz CT molecular complexity index is 1000. The van der Waals surface area contributed by atoms with Gasteiger partial charge in [-0.1, -0.05) is 11.6 Å². The van der Waals surface area contributed by atoms with Gasteiger partial charge in [-0.2, -0.15) is 17.9 Å². The van der Waals surface area contributed by atoms with Crippen LogP contribution in [0.5, 0.6) is 0 Å². The zero-order valence-corrected chi connectivity index (χ0v) is 14.2. The average molecular weight is 399 g/mol. The molecule has 0 aliphatic carbocycles. The molecule has 1 aliphatic rings. The normalized spacial score (nSPS) is 14.3. The Morgan fingerprint density at radius 1 is 1.19 bits per heavy atom. The molecular weight excluding hydrogens is 389 g/mol. The van der Waals surface area contributed by atoms with E-state index in [-0.39, 0.29) is 31.4 Å². The first-order valence-electron chi connectivity index (χ1n) is 7.66. The Balaban J connectivity index is 1.60. The number of amides is 1. The second kappa shape index (κ2) is 6.30. The van der Waals surface area contributed by atoms with Crippen molar-refractivity contribution in [1.29, 1.82) is 0 Å². The first kappa shape index (κ1) is 17.4. The lowest BCUT2D eigenvalue weighted by Crippen LogP contribution is -2.39. The fraction of sp³-hybridized carbons (Fsp3) is 0.286. The van der Waals surface area contributed by atoms with Crippen LogP contribution < -0.4 is 0 Å². The maximum atomic E-state index is 12.9. The minimum Gasteiger partial charge on any atom is -0.329 e. The Kier molecular flexibility index (Phi) is 4.06. The van der Waals surface area contributed by atoms with Crippen molar-refractivity contribution >= 4 is 17.5 Å². The van der Waals surface area contributed by atoms with Crippen molar-refractivity contribution in [2.24, 2.45) is 0 Å². The number of hydrogen-bond donors (Lipinski definition) is 0. The molecule has 0 atom stereocenters. The van der Waals surface area contributed by atoms with E-state index < -0.39 is 12.0 Å². The largest absolute Gasteiger partial charge is 0.451 e. The summed E-state index contributed by atoms with van der Waals surface area (Å²) in [6, 6.07) is 4.57. The molecule has 2 aromatic heterocycles. The maximum Gasteiger partial charge on any atom is 0.451 e. The van der Waals surface area contributed by atoms with Gasteiger partial charge in [0.1, 0.15) is 6.33 Å². The van der Waals surface area contributed by atoms with Crippen LogP contribution in [0.3, 0.4) is 0 Å². The minimum atomic E-state index is -4.59. The van der Waals surface area contributed by atoms with Crippen molar-refractivity contribution in [3.05, 3.63) is 46.8 Å². The molecular formula is C14H10ClF3N8O. The topological polar surface area (TPSA) is 94.6 Å². The third kappa shape index (κ3) is 3.12. The smallest absolute Gasteiger partial charge is 0.329 e. The molecule has 1 amide bonds. The van der Waals surface area contributed by atoms with Gasteiger partial charge in [0, 0.05) is 18.7 Å². The molecule has 1 aliphatic heterocycles. The highest BCUT2D eigenvalue weighted by Crippen LogP contribution is 2.30. The van der Waals surface area contributed by atoms with Crippen LogP contribution in [0, 0.1) is 0 Å². The van der Waals surface area contributed by atoms with E-state index >= 15 is 0 Å². The standard InChI is InChI=1S/C14H10ClF3N8O/c15-9-2-1-8(5-10(9)26-7-19-22-23-26)12(27)24-3-4-25-11(6-24)20-21-13(25)14(16,17)18/h1-2,5,7H,3-4,6H2. The second-order valence-electron chi connectivity index (χ2n) is 5.74. The third-order valence-electron chi connectivity index (χ3n) is 4.08. The number of fused-ring (bicyclic) bond motifs is 1. The fourth-order valence-electron chi connectivity index (χ4n) is 2.82. The van der Waals surface area contributed by atoms with Crippen molar-refractivity contribution < 1.29 is 18.0 Å². The van der Waals surface area contributed by atoms with Crippen LogP contribution in [0.1, 0.15) is 22.0 Å². The lowest BCUT2D eigenvalue weighted by atomic mass is 10.1. The van der Waals surface area contributed by atoms with E-state index in [1.165, 1.54) is 34.1 Å². The summed E-state index contributed by atoms with van der Waals surface area (Å²) >= 11 is 6.12. The van der Waals surface area contributed by atoms with E-state index in [0.29, 0.717) is 16.3 Å². The van der Waals surface area contributed by atoms with Gasteiger partial charge in [-0.3, -0.25) is 4.79 Å². The SMILES string of the molecule is O=C(c1ccc(Cl)c(-n2cnnn2)c1)N1CCn2c(nnc2C(F)(F)F)C1. The molecule has 4 rings (SSSR count). The molecule has 0 bridgehead atoms. The van der Waals surface area contributed by atoms with Crippen LogP contribution in [0.2, 0.25) is 5.02 Å². The minimum absolute atomic E-state index is 0.0453. The zero-order valence-electron chi connectivity index (χ0n) is 13.4. The molecule has 0 unspecified atom stereocenters. The van der Waals surface area contributed by atoms with Gasteiger partial charge < -0.3 is 9.47 Å². The maximum absolute atomic E-state index is 12.9. The van der Waals surface area contributed by atoms with Crippen molar-refractivity contribution in [3.8, 4) is 5.69 Å². The van der Waals surface area contributed by atoms with Gasteiger partial charge in [0.2, 0.25) is 5.82 Å². The van der Waals surface area contributed by atoms with Gasteiger partial charge >= 0.3 is 6.18 Å². The third-order valence-corrected chi connectivity index (χ3v) is 4.40. The van der Waals surface area contributed by atoms with Crippen LogP contribution in [0.25, 0.3) is 5.69 Å². The lowest BCUT2D eigenvalue weighted by molar-refractivity contribution is -0.147. The molecule has 140 valence electrons. The van der Waals surface area contributed by atoms with Gasteiger partial charge in [0.05, 0.1) is 17.3 Å². The monoisotopic (exact) mass is 398 g/mol. The summed E-state index contributed by atoms with van der Waals surface area (Å²) in [6.45, 7) is -0.0308. The summed E-state index contributed by atoms with van der Waals surface area (Å²) in [5.41, 5.74) is 0.709. The Labute approximate surface area is 154 Å². The molecule has 0 saturated carbocycles. The van der Waals surface area contributed by atoms with Gasteiger partial charge in [0.15, 0.2) is 5.82 Å². The van der Waals surface area contributed by atoms with Crippen LogP contribution in [-0.4, -0.2) is 52.3 Å². The van der Waals surface area contributed by atoms with E-state index in [2.05, 4.69) is 25.7 Å². The summed E-state index contributed by atoms with van der Waals surface area (Å²) < 4.78 is 41.0. The first-order chi connectivity index (χ1) is 12.8. The molecule has 1 aromatic carbocycles. The summed E-state index contributed by atoms with van der Waals surface area (Å²) in [5, 5.41) is 17.9. The van der Waals surface area contributed by atoms with Crippen LogP contribution in [-0.2, 0) is 19.3 Å². The van der Waals surface area contributed by atoms with E-state index in [0.717, 1.165) is 4.57 Å². The molecule has 0 fully saturated rings. The van der Waals surface area contributed by atoms with Gasteiger partial charge in [0.25, 0.3) is 5.91 Å². The number of carbonyl (C=O) groups excluding carboxylic acids is 1. The van der Waals surface area contributed by atoms with E-state index in [1.54, 1.807) is 0 Å². The Morgan fingerprint density at radius 3 is 2.70 bits per heavy atom. The van der Waals surface area contributed by atoms with Crippen molar-refractivity contribution in [3.63, 3.8) is 0 Å². The van der Waals surface area contributed by atoms with Crippen LogP contribution in [0.15, 0.2) is 24.5 Å². The highest BCUT2D eigenvalue weighted by Gasteiger charge is 2.40. The number of tetrazole rings is 1. The summed E-state index contributed by atoms with van der Waals surface area (Å²) in [6.07, 6.45) is -3.26. The number of aromatic nitrogens is 7. The van der Waals surface area contributed by atoms with Gasteiger partial charge in [-0.05, 0) is 28.6 Å². The number of hydrogen-bond acceptors (Lipinski definition) is 6. The second-order valence-corrected chi connectivity index (χ2v) is 6.14. The predicted octanol–water partition coefficient (Wildman–Crippen LogP) is 1.58. The Hall–Kier alpha value is -3.02. The summed E-state index contributed by atoms with van der Waals surface area (Å²) in [7, 11) is 0.